The lowest BCUT2D eigenvalue weighted by molar-refractivity contribution is -0.118. The minimum Gasteiger partial charge on any atom is -0.497 e. The van der Waals surface area contributed by atoms with Gasteiger partial charge in [0.2, 0.25) is 11.0 Å². The molecule has 2 aliphatic rings. The van der Waals surface area contributed by atoms with Crippen LogP contribution in [0.1, 0.15) is 38.2 Å². The molecule has 0 bridgehead atoms. The fraction of sp³-hybridized carbons (Fsp3) is 0.348. The molecule has 0 fully saturated rings. The van der Waals surface area contributed by atoms with Crippen LogP contribution in [0.25, 0.3) is 0 Å². The van der Waals surface area contributed by atoms with Gasteiger partial charge in [-0.2, -0.15) is 5.26 Å². The van der Waals surface area contributed by atoms with Crippen molar-refractivity contribution in [2.24, 2.45) is 16.9 Å². The molecular formula is C23H24N6O3S2. The predicted molar refractivity (Wildman–Crippen MR) is 130 cm³/mol. The van der Waals surface area contributed by atoms with Gasteiger partial charge in [0.1, 0.15) is 11.6 Å². The number of hydrogen-bond acceptors (Lipinski definition) is 10. The van der Waals surface area contributed by atoms with E-state index in [-0.39, 0.29) is 28.3 Å². The highest BCUT2D eigenvalue weighted by Crippen LogP contribution is 2.50. The number of primary amides is 1. The highest BCUT2D eigenvalue weighted by molar-refractivity contribution is 8.01. The predicted octanol–water partition coefficient (Wildman–Crippen LogP) is 3.06. The zero-order chi connectivity index (χ0) is 24.6. The number of carbonyl (C=O) groups is 2. The van der Waals surface area contributed by atoms with Crippen LogP contribution in [0.15, 0.2) is 51.3 Å². The van der Waals surface area contributed by atoms with E-state index >= 15 is 0 Å². The minimum absolute atomic E-state index is 0.0230. The van der Waals surface area contributed by atoms with Gasteiger partial charge in [0.25, 0.3) is 0 Å². The summed E-state index contributed by atoms with van der Waals surface area (Å²) >= 11 is 2.41. The number of Topliss-reactive ketones (excluding diaryl/α,β-unsaturated/α-hetero) is 1. The summed E-state index contributed by atoms with van der Waals surface area (Å²) in [6.45, 7) is 4.06. The molecule has 0 saturated heterocycles. The van der Waals surface area contributed by atoms with Gasteiger partial charge < -0.3 is 16.2 Å². The van der Waals surface area contributed by atoms with E-state index in [2.05, 4.69) is 16.3 Å². The molecular weight excluding hydrogens is 472 g/mol. The van der Waals surface area contributed by atoms with Crippen LogP contribution in [-0.4, -0.2) is 34.8 Å². The number of carbonyl (C=O) groups excluding carboxylic acids is 2. The zero-order valence-corrected chi connectivity index (χ0v) is 20.6. The third-order valence-corrected chi connectivity index (χ3v) is 7.82. The number of anilines is 1. The molecule has 0 spiro atoms. The Morgan fingerprint density at radius 2 is 2.03 bits per heavy atom. The van der Waals surface area contributed by atoms with Crippen molar-refractivity contribution in [1.82, 2.24) is 10.2 Å². The molecule has 11 heteroatoms. The lowest BCUT2D eigenvalue weighted by Gasteiger charge is -2.42. The molecule has 1 atom stereocenters. The Morgan fingerprint density at radius 1 is 1.32 bits per heavy atom. The van der Waals surface area contributed by atoms with Gasteiger partial charge in [0, 0.05) is 17.7 Å². The van der Waals surface area contributed by atoms with Gasteiger partial charge in [-0.1, -0.05) is 49.1 Å². The van der Waals surface area contributed by atoms with Gasteiger partial charge >= 0.3 is 0 Å². The van der Waals surface area contributed by atoms with Crippen LogP contribution >= 0.6 is 23.1 Å². The maximum Gasteiger partial charge on any atom is 0.227 e. The van der Waals surface area contributed by atoms with E-state index in [0.29, 0.717) is 33.6 Å². The average Bonchev–Trinajstić information content (AvgIpc) is 3.24. The standard InChI is InChI=1S/C23H24N6O3S2/c1-23(2)8-15-19(16(30)9-23)18(12-4-6-13(32-3)7-5-12)14(10-24)20(26)29(15)21-27-28-22(34-21)33-11-17(25)31/h4-7,18H,8-9,11,26H2,1-3H3,(H2,25,31). The van der Waals surface area contributed by atoms with E-state index in [0.717, 1.165) is 11.3 Å². The normalized spacial score (nSPS) is 19.6. The van der Waals surface area contributed by atoms with Crippen molar-refractivity contribution in [2.75, 3.05) is 17.8 Å². The Kier molecular flexibility index (Phi) is 6.38. The van der Waals surface area contributed by atoms with Gasteiger partial charge in [-0.3, -0.25) is 14.5 Å². The number of nitrogens with two attached hydrogens (primary N) is 2. The molecule has 1 aromatic heterocycles. The number of nitrogens with zero attached hydrogens (tertiary/aromatic N) is 4. The van der Waals surface area contributed by atoms with Crippen LogP contribution in [0.4, 0.5) is 5.13 Å². The number of thioether (sulfide) groups is 1. The van der Waals surface area contributed by atoms with Crippen LogP contribution < -0.4 is 21.1 Å². The Morgan fingerprint density at radius 3 is 2.65 bits per heavy atom. The number of aromatic nitrogens is 2. The smallest absolute Gasteiger partial charge is 0.227 e. The second kappa shape index (κ2) is 9.12. The van der Waals surface area contributed by atoms with Crippen molar-refractivity contribution in [3.05, 3.63) is 52.5 Å². The van der Waals surface area contributed by atoms with Crippen LogP contribution in [-0.2, 0) is 9.59 Å². The number of benzene rings is 1. The Balaban J connectivity index is 1.87. The van der Waals surface area contributed by atoms with E-state index in [4.69, 9.17) is 16.2 Å². The van der Waals surface area contributed by atoms with Crippen molar-refractivity contribution >= 4 is 39.9 Å². The molecule has 2 aromatic rings. The second-order valence-corrected chi connectivity index (χ2v) is 11.0. The van der Waals surface area contributed by atoms with Gasteiger partial charge in [0.05, 0.1) is 30.4 Å². The molecule has 4 rings (SSSR count). The lowest BCUT2D eigenvalue weighted by atomic mass is 9.68. The summed E-state index contributed by atoms with van der Waals surface area (Å²) < 4.78 is 5.81. The first-order chi connectivity index (χ1) is 16.1. The first-order valence-corrected chi connectivity index (χ1v) is 12.3. The van der Waals surface area contributed by atoms with E-state index in [1.54, 1.807) is 24.1 Å². The molecule has 34 heavy (non-hydrogen) atoms. The third-order valence-electron chi connectivity index (χ3n) is 5.76. The van der Waals surface area contributed by atoms with Crippen molar-refractivity contribution in [3.63, 3.8) is 0 Å². The fourth-order valence-corrected chi connectivity index (χ4v) is 5.96. The summed E-state index contributed by atoms with van der Waals surface area (Å²) in [5.74, 6) is -0.0973. The maximum absolute atomic E-state index is 13.5. The zero-order valence-electron chi connectivity index (χ0n) is 19.0. The molecule has 0 radical (unpaired) electrons. The van der Waals surface area contributed by atoms with Crippen LogP contribution in [0.3, 0.4) is 0 Å². The molecule has 1 amide bonds. The van der Waals surface area contributed by atoms with E-state index in [1.807, 2.05) is 26.0 Å². The first kappa shape index (κ1) is 23.8. The molecule has 1 aliphatic carbocycles. The number of nitriles is 1. The number of ether oxygens (including phenoxy) is 1. The van der Waals surface area contributed by atoms with Gasteiger partial charge in [-0.05, 0) is 29.5 Å². The highest BCUT2D eigenvalue weighted by Gasteiger charge is 2.45. The van der Waals surface area contributed by atoms with Crippen LogP contribution in [0.5, 0.6) is 5.75 Å². The highest BCUT2D eigenvalue weighted by atomic mass is 32.2. The largest absolute Gasteiger partial charge is 0.497 e. The number of allylic oxidation sites excluding steroid dienone is 3. The Labute approximate surface area is 205 Å². The van der Waals surface area contributed by atoms with Crippen LogP contribution in [0.2, 0.25) is 0 Å². The number of rotatable bonds is 6. The summed E-state index contributed by atoms with van der Waals surface area (Å²) in [5.41, 5.74) is 13.9. The Bertz CT molecular complexity index is 1260. The number of methoxy groups -OCH3 is 1. The van der Waals surface area contributed by atoms with Gasteiger partial charge in [-0.15, -0.1) is 10.2 Å². The van der Waals surface area contributed by atoms with Crippen molar-refractivity contribution in [2.45, 2.75) is 36.9 Å². The van der Waals surface area contributed by atoms with Crippen LogP contribution in [0, 0.1) is 16.7 Å². The molecule has 4 N–H and O–H groups in total. The maximum atomic E-state index is 13.5. The summed E-state index contributed by atoms with van der Waals surface area (Å²) in [6, 6.07) is 9.55. The third kappa shape index (κ3) is 4.38. The molecule has 9 nitrogen and oxygen atoms in total. The fourth-order valence-electron chi connectivity index (χ4n) is 4.34. The summed E-state index contributed by atoms with van der Waals surface area (Å²) in [7, 11) is 1.58. The first-order valence-electron chi connectivity index (χ1n) is 10.5. The number of ketones is 1. The van der Waals surface area contributed by atoms with E-state index in [9.17, 15) is 14.9 Å². The van der Waals surface area contributed by atoms with E-state index < -0.39 is 11.8 Å². The summed E-state index contributed by atoms with van der Waals surface area (Å²) in [5, 5.41) is 19.0. The molecule has 1 unspecified atom stereocenters. The molecule has 2 heterocycles. The monoisotopic (exact) mass is 496 g/mol. The number of amides is 1. The SMILES string of the molecule is COc1ccc(C2C(C#N)=C(N)N(c3nnc(SCC(N)=O)s3)C3=C2C(=O)CC(C)(C)C3)cc1. The van der Waals surface area contributed by atoms with Crippen molar-refractivity contribution < 1.29 is 14.3 Å². The second-order valence-electron chi connectivity index (χ2n) is 8.86. The molecule has 1 aliphatic heterocycles. The average molecular weight is 497 g/mol. The summed E-state index contributed by atoms with van der Waals surface area (Å²) in [4.78, 5) is 26.3. The lowest BCUT2D eigenvalue weighted by Crippen LogP contribution is -2.42. The molecule has 1 aromatic carbocycles. The topological polar surface area (TPSA) is 148 Å². The van der Waals surface area contributed by atoms with Gasteiger partial charge in [0.15, 0.2) is 10.1 Å². The quantitative estimate of drug-likeness (QED) is 0.575. The Hall–Kier alpha value is -3.36. The van der Waals surface area contributed by atoms with E-state index in [1.165, 1.54) is 23.1 Å². The molecule has 176 valence electrons. The minimum atomic E-state index is -0.581. The summed E-state index contributed by atoms with van der Waals surface area (Å²) in [6.07, 6.45) is 0.935. The molecule has 0 saturated carbocycles. The number of hydrogen-bond donors (Lipinski definition) is 2. The van der Waals surface area contributed by atoms with Gasteiger partial charge in [-0.25, -0.2) is 0 Å². The van der Waals surface area contributed by atoms with Crippen molar-refractivity contribution in [1.29, 1.82) is 5.26 Å². The van der Waals surface area contributed by atoms with Crippen molar-refractivity contribution in [3.8, 4) is 11.8 Å².